The summed E-state index contributed by atoms with van der Waals surface area (Å²) in [5.74, 6) is -0.285. The van der Waals surface area contributed by atoms with Gasteiger partial charge in [-0.25, -0.2) is 9.18 Å². The summed E-state index contributed by atoms with van der Waals surface area (Å²) < 4.78 is 18.6. The lowest BCUT2D eigenvalue weighted by molar-refractivity contribution is 0.0794. The summed E-state index contributed by atoms with van der Waals surface area (Å²) in [6.45, 7) is 2.13. The van der Waals surface area contributed by atoms with Crippen molar-refractivity contribution < 1.29 is 13.9 Å². The molecule has 2 aromatic rings. The van der Waals surface area contributed by atoms with Gasteiger partial charge in [0.15, 0.2) is 0 Å². The largest absolute Gasteiger partial charge is 0.376 e. The van der Waals surface area contributed by atoms with E-state index in [2.05, 4.69) is 10.3 Å². The summed E-state index contributed by atoms with van der Waals surface area (Å²) in [6, 6.07) is 9.76. The first kappa shape index (κ1) is 17.4. The van der Waals surface area contributed by atoms with Crippen molar-refractivity contribution in [2.45, 2.75) is 32.0 Å². The molecule has 132 valence electrons. The van der Waals surface area contributed by atoms with E-state index in [0.717, 1.165) is 30.6 Å². The Morgan fingerprint density at radius 2 is 2.12 bits per heavy atom. The third-order valence-electron chi connectivity index (χ3n) is 4.19. The van der Waals surface area contributed by atoms with Crippen molar-refractivity contribution in [3.8, 4) is 0 Å². The lowest BCUT2D eigenvalue weighted by Crippen LogP contribution is -2.43. The molecule has 6 heteroatoms. The average Bonchev–Trinajstić information content (AvgIpc) is 3.14. The van der Waals surface area contributed by atoms with Crippen molar-refractivity contribution in [2.75, 3.05) is 13.2 Å². The number of hydrogen-bond acceptors (Lipinski definition) is 3. The Bertz CT molecular complexity index is 673. The fourth-order valence-corrected chi connectivity index (χ4v) is 2.86. The molecule has 25 heavy (non-hydrogen) atoms. The Hall–Kier alpha value is -2.47. The van der Waals surface area contributed by atoms with Gasteiger partial charge in [0.05, 0.1) is 6.10 Å². The minimum Gasteiger partial charge on any atom is -0.376 e. The number of halogens is 1. The molecule has 2 amide bonds. The van der Waals surface area contributed by atoms with Gasteiger partial charge in [-0.05, 0) is 42.2 Å². The Labute approximate surface area is 146 Å². The highest BCUT2D eigenvalue weighted by molar-refractivity contribution is 5.74. The number of urea groups is 1. The van der Waals surface area contributed by atoms with Gasteiger partial charge in [0.25, 0.3) is 0 Å². The van der Waals surface area contributed by atoms with E-state index in [9.17, 15) is 9.18 Å². The number of carbonyl (C=O) groups excluding carboxylic acids is 1. The molecule has 1 aliphatic heterocycles. The molecule has 0 radical (unpaired) electrons. The number of pyridine rings is 1. The summed E-state index contributed by atoms with van der Waals surface area (Å²) in [5.41, 5.74) is 1.82. The predicted molar refractivity (Wildman–Crippen MR) is 92.3 cm³/mol. The highest BCUT2D eigenvalue weighted by Gasteiger charge is 2.22. The second-order valence-electron chi connectivity index (χ2n) is 6.16. The van der Waals surface area contributed by atoms with Crippen LogP contribution in [0, 0.1) is 5.82 Å². The summed E-state index contributed by atoms with van der Waals surface area (Å²) in [6.07, 6.45) is 5.54. The number of benzene rings is 1. The zero-order valence-corrected chi connectivity index (χ0v) is 14.0. The Kier molecular flexibility index (Phi) is 5.95. The van der Waals surface area contributed by atoms with Crippen LogP contribution in [0.4, 0.5) is 9.18 Å². The molecule has 1 aromatic carbocycles. The van der Waals surface area contributed by atoms with Gasteiger partial charge in [-0.1, -0.05) is 18.2 Å². The first-order chi connectivity index (χ1) is 12.2. The normalized spacial score (nSPS) is 16.6. The van der Waals surface area contributed by atoms with Gasteiger partial charge < -0.3 is 15.0 Å². The molecule has 1 N–H and O–H groups in total. The molecule has 1 saturated heterocycles. The third-order valence-corrected chi connectivity index (χ3v) is 4.19. The molecule has 0 bridgehead atoms. The van der Waals surface area contributed by atoms with Crippen molar-refractivity contribution in [2.24, 2.45) is 0 Å². The summed E-state index contributed by atoms with van der Waals surface area (Å²) in [5, 5.41) is 2.90. The molecular formula is C19H22FN3O2. The highest BCUT2D eigenvalue weighted by Crippen LogP contribution is 2.15. The van der Waals surface area contributed by atoms with E-state index < -0.39 is 0 Å². The number of hydrogen-bond donors (Lipinski definition) is 1. The van der Waals surface area contributed by atoms with Crippen molar-refractivity contribution in [1.82, 2.24) is 15.2 Å². The van der Waals surface area contributed by atoms with Crippen molar-refractivity contribution >= 4 is 6.03 Å². The van der Waals surface area contributed by atoms with Gasteiger partial charge in [0, 0.05) is 38.6 Å². The Morgan fingerprint density at radius 3 is 2.80 bits per heavy atom. The van der Waals surface area contributed by atoms with Crippen LogP contribution in [0.25, 0.3) is 0 Å². The second-order valence-corrected chi connectivity index (χ2v) is 6.16. The van der Waals surface area contributed by atoms with Crippen LogP contribution in [0.15, 0.2) is 48.8 Å². The first-order valence-electron chi connectivity index (χ1n) is 8.48. The van der Waals surface area contributed by atoms with E-state index in [1.807, 2.05) is 12.1 Å². The van der Waals surface area contributed by atoms with Crippen LogP contribution in [0.2, 0.25) is 0 Å². The van der Waals surface area contributed by atoms with Crippen molar-refractivity contribution in [3.05, 3.63) is 65.7 Å². The smallest absolute Gasteiger partial charge is 0.318 e. The number of carbonyl (C=O) groups is 1. The molecule has 1 aromatic heterocycles. The van der Waals surface area contributed by atoms with Gasteiger partial charge in [0.2, 0.25) is 0 Å². The lowest BCUT2D eigenvalue weighted by atomic mass is 10.2. The van der Waals surface area contributed by atoms with E-state index >= 15 is 0 Å². The summed E-state index contributed by atoms with van der Waals surface area (Å²) in [7, 11) is 0. The second kappa shape index (κ2) is 8.58. The molecular weight excluding hydrogens is 321 g/mol. The van der Waals surface area contributed by atoms with Gasteiger partial charge in [-0.3, -0.25) is 4.98 Å². The molecule has 2 heterocycles. The third kappa shape index (κ3) is 5.26. The van der Waals surface area contributed by atoms with Crippen LogP contribution in [0.5, 0.6) is 0 Å². The molecule has 0 aliphatic carbocycles. The van der Waals surface area contributed by atoms with E-state index in [0.29, 0.717) is 19.6 Å². The number of ether oxygens (including phenoxy) is 1. The molecule has 0 unspecified atom stereocenters. The maximum atomic E-state index is 13.0. The topological polar surface area (TPSA) is 54.5 Å². The molecule has 5 nitrogen and oxygen atoms in total. The highest BCUT2D eigenvalue weighted by atomic mass is 19.1. The van der Waals surface area contributed by atoms with E-state index in [1.54, 1.807) is 29.4 Å². The number of rotatable bonds is 6. The fraction of sp³-hybridized carbons (Fsp3) is 0.368. The summed E-state index contributed by atoms with van der Waals surface area (Å²) in [4.78, 5) is 18.5. The van der Waals surface area contributed by atoms with Gasteiger partial charge >= 0.3 is 6.03 Å². The molecule has 0 saturated carbocycles. The molecule has 3 rings (SSSR count). The molecule has 0 spiro atoms. The van der Waals surface area contributed by atoms with Gasteiger partial charge in [-0.2, -0.15) is 0 Å². The Morgan fingerprint density at radius 1 is 1.28 bits per heavy atom. The van der Waals surface area contributed by atoms with E-state index in [-0.39, 0.29) is 18.0 Å². The monoisotopic (exact) mass is 343 g/mol. The first-order valence-corrected chi connectivity index (χ1v) is 8.48. The Balaban J connectivity index is 1.62. The molecule has 1 fully saturated rings. The van der Waals surface area contributed by atoms with Gasteiger partial charge in [-0.15, -0.1) is 0 Å². The van der Waals surface area contributed by atoms with Crippen LogP contribution in [-0.2, 0) is 17.8 Å². The molecule has 1 atom stereocenters. The predicted octanol–water partition coefficient (Wildman–Crippen LogP) is 3.11. The van der Waals surface area contributed by atoms with Crippen molar-refractivity contribution in [3.63, 3.8) is 0 Å². The van der Waals surface area contributed by atoms with Crippen LogP contribution in [0.1, 0.15) is 24.0 Å². The number of nitrogens with one attached hydrogen (secondary N) is 1. The van der Waals surface area contributed by atoms with Crippen LogP contribution in [0.3, 0.4) is 0 Å². The SMILES string of the molecule is O=C(NCc1ccc(F)cc1)N(Cc1cccnc1)C[C@H]1CCCO1. The van der Waals surface area contributed by atoms with Crippen LogP contribution in [-0.4, -0.2) is 35.2 Å². The zero-order valence-electron chi connectivity index (χ0n) is 14.0. The summed E-state index contributed by atoms with van der Waals surface area (Å²) >= 11 is 0. The quantitative estimate of drug-likeness (QED) is 0.877. The van der Waals surface area contributed by atoms with E-state index in [4.69, 9.17) is 4.74 Å². The fourth-order valence-electron chi connectivity index (χ4n) is 2.86. The van der Waals surface area contributed by atoms with Crippen LogP contribution < -0.4 is 5.32 Å². The number of aromatic nitrogens is 1. The van der Waals surface area contributed by atoms with Gasteiger partial charge in [0.1, 0.15) is 5.82 Å². The maximum absolute atomic E-state index is 13.0. The molecule has 1 aliphatic rings. The average molecular weight is 343 g/mol. The minimum atomic E-state index is -0.285. The number of amides is 2. The van der Waals surface area contributed by atoms with E-state index in [1.165, 1.54) is 12.1 Å². The van der Waals surface area contributed by atoms with Crippen molar-refractivity contribution in [1.29, 1.82) is 0 Å². The maximum Gasteiger partial charge on any atom is 0.318 e. The zero-order chi connectivity index (χ0) is 17.5. The standard InChI is InChI=1S/C19H22FN3O2/c20-17-7-5-15(6-8-17)12-22-19(24)23(14-18-4-2-10-25-18)13-16-3-1-9-21-11-16/h1,3,5-9,11,18H,2,4,10,12-14H2,(H,22,24)/t18-/m1/s1. The lowest BCUT2D eigenvalue weighted by Gasteiger charge is -2.26. The minimum absolute atomic E-state index is 0.0771. The van der Waals surface area contributed by atoms with Crippen LogP contribution >= 0.6 is 0 Å². The number of nitrogens with zero attached hydrogens (tertiary/aromatic N) is 2.